The minimum absolute atomic E-state index is 0.0964. The van der Waals surface area contributed by atoms with Crippen molar-refractivity contribution < 1.29 is 0 Å². The molecule has 1 heteroatoms. The molecule has 0 saturated heterocycles. The molecule has 0 N–H and O–H groups in total. The average Bonchev–Trinajstić information content (AvgIpc) is 3.47. The van der Waals surface area contributed by atoms with Crippen LogP contribution in [0.3, 0.4) is 0 Å². The molecule has 0 spiro atoms. The SMILES string of the molecule is CC1(C)c2ccccc2-c2ccc(N(c3ccc(-c4ccccc4)cc3)c3cccc(-c4ccc5ccc6ccc(-c7ccccc7)cc6c5c4)c3)cc21. The van der Waals surface area contributed by atoms with Crippen molar-refractivity contribution in [2.75, 3.05) is 4.90 Å². The van der Waals surface area contributed by atoms with Crippen LogP contribution in [-0.2, 0) is 5.41 Å². The van der Waals surface area contributed by atoms with Crippen molar-refractivity contribution in [3.05, 3.63) is 211 Å². The van der Waals surface area contributed by atoms with Crippen molar-refractivity contribution in [1.82, 2.24) is 0 Å². The molecule has 0 aliphatic heterocycles. The Kier molecular flexibility index (Phi) is 7.56. The van der Waals surface area contributed by atoms with Gasteiger partial charge in [0.05, 0.1) is 0 Å². The molecule has 1 aliphatic carbocycles. The average molecular weight is 690 g/mol. The van der Waals surface area contributed by atoms with Crippen molar-refractivity contribution in [2.45, 2.75) is 19.3 Å². The van der Waals surface area contributed by atoms with Crippen molar-refractivity contribution in [2.24, 2.45) is 0 Å². The van der Waals surface area contributed by atoms with E-state index in [4.69, 9.17) is 0 Å². The number of benzene rings is 9. The zero-order valence-corrected chi connectivity index (χ0v) is 30.5. The summed E-state index contributed by atoms with van der Waals surface area (Å²) in [5.74, 6) is 0. The first-order chi connectivity index (χ1) is 26.5. The highest BCUT2D eigenvalue weighted by Crippen LogP contribution is 2.51. The van der Waals surface area contributed by atoms with Gasteiger partial charge in [0.25, 0.3) is 0 Å². The number of fused-ring (bicyclic) bond motifs is 6. The van der Waals surface area contributed by atoms with E-state index in [1.807, 2.05) is 0 Å². The van der Waals surface area contributed by atoms with E-state index in [1.54, 1.807) is 0 Å². The van der Waals surface area contributed by atoms with Crippen LogP contribution in [0, 0.1) is 0 Å². The first kappa shape index (κ1) is 32.0. The third-order valence-electron chi connectivity index (χ3n) is 11.4. The molecule has 0 aromatic heterocycles. The van der Waals surface area contributed by atoms with Gasteiger partial charge in [-0.1, -0.05) is 166 Å². The molecule has 9 aromatic carbocycles. The fourth-order valence-corrected chi connectivity index (χ4v) is 8.58. The summed E-state index contributed by atoms with van der Waals surface area (Å²) < 4.78 is 0. The first-order valence-electron chi connectivity index (χ1n) is 18.8. The van der Waals surface area contributed by atoms with Gasteiger partial charge in [0.15, 0.2) is 0 Å². The van der Waals surface area contributed by atoms with Gasteiger partial charge in [0, 0.05) is 22.5 Å². The van der Waals surface area contributed by atoms with Gasteiger partial charge in [-0.2, -0.15) is 0 Å². The summed E-state index contributed by atoms with van der Waals surface area (Å²) in [5.41, 5.74) is 16.0. The molecule has 1 aliphatic rings. The number of nitrogens with zero attached hydrogens (tertiary/aromatic N) is 1. The summed E-state index contributed by atoms with van der Waals surface area (Å²) in [5, 5.41) is 5.03. The minimum atomic E-state index is -0.0964. The molecule has 0 bridgehead atoms. The summed E-state index contributed by atoms with van der Waals surface area (Å²) in [7, 11) is 0. The predicted molar refractivity (Wildman–Crippen MR) is 230 cm³/mol. The monoisotopic (exact) mass is 689 g/mol. The lowest BCUT2D eigenvalue weighted by Crippen LogP contribution is -2.16. The summed E-state index contributed by atoms with van der Waals surface area (Å²) in [4.78, 5) is 2.42. The molecule has 0 unspecified atom stereocenters. The van der Waals surface area contributed by atoms with Crippen LogP contribution < -0.4 is 4.90 Å². The Hall–Kier alpha value is -6.70. The fourth-order valence-electron chi connectivity index (χ4n) is 8.58. The molecule has 54 heavy (non-hydrogen) atoms. The molecule has 0 saturated carbocycles. The summed E-state index contributed by atoms with van der Waals surface area (Å²) in [6.07, 6.45) is 0. The second kappa shape index (κ2) is 12.8. The largest absolute Gasteiger partial charge is 0.310 e. The molecule has 0 fully saturated rings. The molecule has 10 rings (SSSR count). The second-order valence-electron chi connectivity index (χ2n) is 15.0. The first-order valence-corrected chi connectivity index (χ1v) is 18.8. The minimum Gasteiger partial charge on any atom is -0.310 e. The van der Waals surface area contributed by atoms with Crippen LogP contribution in [0.1, 0.15) is 25.0 Å². The van der Waals surface area contributed by atoms with Gasteiger partial charge in [-0.05, 0) is 126 Å². The van der Waals surface area contributed by atoms with Crippen LogP contribution in [0.5, 0.6) is 0 Å². The van der Waals surface area contributed by atoms with Crippen LogP contribution >= 0.6 is 0 Å². The Balaban J connectivity index is 1.10. The molecule has 0 amide bonds. The van der Waals surface area contributed by atoms with Crippen molar-refractivity contribution in [3.8, 4) is 44.5 Å². The van der Waals surface area contributed by atoms with Gasteiger partial charge in [-0.25, -0.2) is 0 Å². The lowest BCUT2D eigenvalue weighted by Gasteiger charge is -2.28. The lowest BCUT2D eigenvalue weighted by atomic mass is 9.82. The number of rotatable bonds is 6. The lowest BCUT2D eigenvalue weighted by molar-refractivity contribution is 0.660. The number of hydrogen-bond donors (Lipinski definition) is 0. The number of hydrogen-bond acceptors (Lipinski definition) is 1. The summed E-state index contributed by atoms with van der Waals surface area (Å²) in [6.45, 7) is 4.71. The Labute approximate surface area is 317 Å². The molecule has 0 heterocycles. The van der Waals surface area contributed by atoms with Crippen LogP contribution in [0.2, 0.25) is 0 Å². The highest BCUT2D eigenvalue weighted by molar-refractivity contribution is 6.10. The van der Waals surface area contributed by atoms with Crippen LogP contribution in [0.15, 0.2) is 200 Å². The van der Waals surface area contributed by atoms with Crippen LogP contribution in [0.4, 0.5) is 17.1 Å². The van der Waals surface area contributed by atoms with E-state index in [9.17, 15) is 0 Å². The fraction of sp³-hybridized carbons (Fsp3) is 0.0566. The maximum Gasteiger partial charge on any atom is 0.0467 e. The second-order valence-corrected chi connectivity index (χ2v) is 15.0. The van der Waals surface area contributed by atoms with Gasteiger partial charge in [-0.3, -0.25) is 0 Å². The molecule has 0 radical (unpaired) electrons. The Morgan fingerprint density at radius 1 is 0.315 bits per heavy atom. The van der Waals surface area contributed by atoms with Crippen molar-refractivity contribution >= 4 is 38.6 Å². The van der Waals surface area contributed by atoms with Gasteiger partial charge in [-0.15, -0.1) is 0 Å². The highest BCUT2D eigenvalue weighted by atomic mass is 15.1. The van der Waals surface area contributed by atoms with E-state index in [2.05, 4.69) is 219 Å². The quantitative estimate of drug-likeness (QED) is 0.157. The van der Waals surface area contributed by atoms with E-state index in [-0.39, 0.29) is 5.41 Å². The molecular formula is C53H39N. The third-order valence-corrected chi connectivity index (χ3v) is 11.4. The zero-order valence-electron chi connectivity index (χ0n) is 30.5. The number of anilines is 3. The van der Waals surface area contributed by atoms with E-state index in [0.29, 0.717) is 0 Å². The van der Waals surface area contributed by atoms with Crippen molar-refractivity contribution in [3.63, 3.8) is 0 Å². The highest BCUT2D eigenvalue weighted by Gasteiger charge is 2.35. The molecule has 9 aromatic rings. The maximum absolute atomic E-state index is 2.42. The van der Waals surface area contributed by atoms with E-state index in [0.717, 1.165) is 17.1 Å². The molecule has 0 atom stereocenters. The van der Waals surface area contributed by atoms with E-state index in [1.165, 1.54) is 77.2 Å². The van der Waals surface area contributed by atoms with E-state index < -0.39 is 0 Å². The van der Waals surface area contributed by atoms with E-state index >= 15 is 0 Å². The maximum atomic E-state index is 2.42. The topological polar surface area (TPSA) is 3.24 Å². The Bertz CT molecular complexity index is 2830. The van der Waals surface area contributed by atoms with Gasteiger partial charge in [0.2, 0.25) is 0 Å². The van der Waals surface area contributed by atoms with Crippen LogP contribution in [0.25, 0.3) is 66.1 Å². The molecular weight excluding hydrogens is 651 g/mol. The zero-order chi connectivity index (χ0) is 36.2. The van der Waals surface area contributed by atoms with Gasteiger partial charge >= 0.3 is 0 Å². The Morgan fingerprint density at radius 2 is 0.778 bits per heavy atom. The third kappa shape index (κ3) is 5.40. The van der Waals surface area contributed by atoms with Gasteiger partial charge in [0.1, 0.15) is 0 Å². The van der Waals surface area contributed by atoms with Gasteiger partial charge < -0.3 is 4.90 Å². The van der Waals surface area contributed by atoms with Crippen molar-refractivity contribution in [1.29, 1.82) is 0 Å². The molecule has 1 nitrogen and oxygen atoms in total. The predicted octanol–water partition coefficient (Wildman–Crippen LogP) is 14.8. The smallest absolute Gasteiger partial charge is 0.0467 e. The summed E-state index contributed by atoms with van der Waals surface area (Å²) in [6, 6.07) is 73.4. The standard InChI is InChI=1S/C53H39N/c1-53(2)51-19-10-9-18-47(51)48-31-30-46(35-52(48)53)54(44-28-26-38(27-29-44)36-12-5-3-6-13-36)45-17-11-16-41(32-45)43-25-23-40-21-20-39-22-24-42(33-49(39)50(40)34-43)37-14-7-4-8-15-37/h3-35H,1-2H3. The molecule has 256 valence electrons. The normalized spacial score (nSPS) is 12.8. The van der Waals surface area contributed by atoms with Crippen LogP contribution in [-0.4, -0.2) is 0 Å². The Morgan fingerprint density at radius 3 is 1.46 bits per heavy atom. The summed E-state index contributed by atoms with van der Waals surface area (Å²) >= 11 is 0.